The van der Waals surface area contributed by atoms with Crippen LogP contribution in [-0.2, 0) is 0 Å². The predicted molar refractivity (Wildman–Crippen MR) is 133 cm³/mol. The van der Waals surface area contributed by atoms with Gasteiger partial charge in [-0.05, 0) is 61.5 Å². The van der Waals surface area contributed by atoms with E-state index in [2.05, 4.69) is 15.5 Å². The molecule has 1 amide bonds. The highest BCUT2D eigenvalue weighted by molar-refractivity contribution is 7.71. The smallest absolute Gasteiger partial charge is 0.271 e. The van der Waals surface area contributed by atoms with Gasteiger partial charge in [0.15, 0.2) is 4.77 Å². The van der Waals surface area contributed by atoms with Crippen LogP contribution in [0.3, 0.4) is 0 Å². The number of carbonyl (C=O) groups excluding carboxylic acids is 1. The second-order valence-electron chi connectivity index (χ2n) is 7.50. The lowest BCUT2D eigenvalue weighted by Gasteiger charge is -2.18. The first kappa shape index (κ1) is 22.8. The Bertz CT molecular complexity index is 1520. The highest BCUT2D eigenvalue weighted by Gasteiger charge is 2.19. The number of rotatable bonds is 5. The molecule has 0 radical (unpaired) electrons. The molecule has 0 aliphatic rings. The van der Waals surface area contributed by atoms with Gasteiger partial charge in [0, 0.05) is 18.0 Å². The van der Waals surface area contributed by atoms with Gasteiger partial charge in [0.1, 0.15) is 5.56 Å². The predicted octanol–water partition coefficient (Wildman–Crippen LogP) is 3.84. The molecule has 0 bridgehead atoms. The lowest BCUT2D eigenvalue weighted by molar-refractivity contribution is 0.0955. The van der Waals surface area contributed by atoms with Crippen LogP contribution in [0, 0.1) is 18.6 Å². The topological polar surface area (TPSA) is 102 Å². The quantitative estimate of drug-likeness (QED) is 0.262. The number of hydrazone groups is 1. The minimum atomic E-state index is -0.566. The number of amides is 1. The third-order valence-corrected chi connectivity index (χ3v) is 5.65. The van der Waals surface area contributed by atoms with Gasteiger partial charge in [-0.2, -0.15) is 5.10 Å². The molecule has 9 heteroatoms. The van der Waals surface area contributed by atoms with E-state index >= 15 is 0 Å². The Morgan fingerprint density at radius 2 is 1.53 bits per heavy atom. The Hall–Kier alpha value is -4.37. The largest absolute Gasteiger partial charge is 0.494 e. The van der Waals surface area contributed by atoms with Crippen LogP contribution in [0.2, 0.25) is 0 Å². The van der Waals surface area contributed by atoms with Gasteiger partial charge in [0.2, 0.25) is 5.88 Å². The number of benzene rings is 2. The van der Waals surface area contributed by atoms with E-state index in [0.717, 1.165) is 17.3 Å². The van der Waals surface area contributed by atoms with E-state index < -0.39 is 11.5 Å². The van der Waals surface area contributed by atoms with Crippen molar-refractivity contribution in [2.24, 2.45) is 5.10 Å². The van der Waals surface area contributed by atoms with Crippen LogP contribution in [0.1, 0.15) is 27.0 Å². The summed E-state index contributed by atoms with van der Waals surface area (Å²) < 4.78 is 2.87. The fraction of sp³-hybridized carbons (Fsp3) is 0.0800. The zero-order valence-electron chi connectivity index (χ0n) is 18.5. The molecule has 0 saturated heterocycles. The van der Waals surface area contributed by atoms with Crippen LogP contribution in [0.5, 0.6) is 5.88 Å². The maximum atomic E-state index is 13.5. The lowest BCUT2D eigenvalue weighted by atomic mass is 10.2. The van der Waals surface area contributed by atoms with Crippen molar-refractivity contribution in [2.45, 2.75) is 13.8 Å². The van der Waals surface area contributed by atoms with Crippen LogP contribution in [0.15, 0.2) is 83.0 Å². The van der Waals surface area contributed by atoms with Gasteiger partial charge >= 0.3 is 0 Å². The van der Waals surface area contributed by atoms with Crippen molar-refractivity contribution in [2.75, 3.05) is 0 Å². The average Bonchev–Trinajstić information content (AvgIpc) is 2.84. The molecule has 34 heavy (non-hydrogen) atoms. The standard InChI is InChI=1S/C25H21N5O3S/c1-16-7-3-5-9-20(16)29-23(32)19(15-27-28-22(31)18-11-13-26-14-12-18)24(33)30(25(29)34)21-10-6-4-8-17(21)2/h3-15,32H,1-2H3,(H,28,31). The van der Waals surface area contributed by atoms with Crippen LogP contribution in [-0.4, -0.2) is 31.3 Å². The molecule has 4 rings (SSSR count). The van der Waals surface area contributed by atoms with Gasteiger partial charge < -0.3 is 5.11 Å². The number of para-hydroxylation sites is 2. The SMILES string of the molecule is Cc1ccccc1-n1c(O)c(C=NNC(=O)c2ccncc2)c(=O)n(-c2ccccc2C)c1=S. The molecular weight excluding hydrogens is 450 g/mol. The molecule has 0 saturated carbocycles. The second kappa shape index (κ2) is 9.63. The number of carbonyl (C=O) groups is 1. The number of aromatic nitrogens is 3. The highest BCUT2D eigenvalue weighted by Crippen LogP contribution is 2.24. The molecule has 0 spiro atoms. The van der Waals surface area contributed by atoms with E-state index in [1.54, 1.807) is 18.2 Å². The van der Waals surface area contributed by atoms with Crippen LogP contribution >= 0.6 is 12.2 Å². The summed E-state index contributed by atoms with van der Waals surface area (Å²) in [6.45, 7) is 3.74. The van der Waals surface area contributed by atoms with Crippen molar-refractivity contribution in [3.8, 4) is 17.3 Å². The van der Waals surface area contributed by atoms with Gasteiger partial charge in [-0.15, -0.1) is 0 Å². The fourth-order valence-electron chi connectivity index (χ4n) is 3.51. The highest BCUT2D eigenvalue weighted by atomic mass is 32.1. The molecule has 0 unspecified atom stereocenters. The molecule has 170 valence electrons. The zero-order chi connectivity index (χ0) is 24.2. The number of aromatic hydroxyl groups is 1. The summed E-state index contributed by atoms with van der Waals surface area (Å²) >= 11 is 5.67. The first-order valence-corrected chi connectivity index (χ1v) is 10.8. The number of aryl methyl sites for hydroxylation is 2. The van der Waals surface area contributed by atoms with Crippen LogP contribution < -0.4 is 11.0 Å². The number of hydrogen-bond donors (Lipinski definition) is 2. The van der Waals surface area contributed by atoms with Crippen molar-refractivity contribution in [3.63, 3.8) is 0 Å². The Labute approximate surface area is 200 Å². The molecule has 2 aromatic carbocycles. The van der Waals surface area contributed by atoms with Crippen LogP contribution in [0.4, 0.5) is 0 Å². The summed E-state index contributed by atoms with van der Waals surface area (Å²) in [5.41, 5.74) is 4.89. The minimum Gasteiger partial charge on any atom is -0.494 e. The first-order chi connectivity index (χ1) is 16.4. The van der Waals surface area contributed by atoms with Crippen molar-refractivity contribution in [1.82, 2.24) is 19.5 Å². The van der Waals surface area contributed by atoms with E-state index in [1.165, 1.54) is 33.7 Å². The van der Waals surface area contributed by atoms with Gasteiger partial charge in [-0.25, -0.2) is 5.43 Å². The van der Waals surface area contributed by atoms with Crippen molar-refractivity contribution < 1.29 is 9.90 Å². The number of nitrogens with zero attached hydrogens (tertiary/aromatic N) is 4. The number of pyridine rings is 1. The monoisotopic (exact) mass is 471 g/mol. The molecular formula is C25H21N5O3S. The average molecular weight is 472 g/mol. The van der Waals surface area contributed by atoms with Crippen molar-refractivity contribution in [3.05, 3.63) is 110 Å². The number of hydrogen-bond acceptors (Lipinski definition) is 6. The Balaban J connectivity index is 1.90. The zero-order valence-corrected chi connectivity index (χ0v) is 19.3. The van der Waals surface area contributed by atoms with Gasteiger partial charge in [0.25, 0.3) is 11.5 Å². The normalized spacial score (nSPS) is 11.0. The van der Waals surface area contributed by atoms with E-state index in [4.69, 9.17) is 12.2 Å². The summed E-state index contributed by atoms with van der Waals surface area (Å²) in [4.78, 5) is 29.7. The van der Waals surface area contributed by atoms with Crippen molar-refractivity contribution in [1.29, 1.82) is 0 Å². The van der Waals surface area contributed by atoms with Gasteiger partial charge in [-0.1, -0.05) is 36.4 Å². The molecule has 0 atom stereocenters. The molecule has 4 aromatic rings. The fourth-order valence-corrected chi connectivity index (χ4v) is 3.87. The van der Waals surface area contributed by atoms with Gasteiger partial charge in [-0.3, -0.25) is 23.7 Å². The molecule has 8 nitrogen and oxygen atoms in total. The second-order valence-corrected chi connectivity index (χ2v) is 7.87. The van der Waals surface area contributed by atoms with Crippen molar-refractivity contribution >= 4 is 24.3 Å². The van der Waals surface area contributed by atoms with E-state index in [1.807, 2.05) is 44.2 Å². The Morgan fingerprint density at radius 3 is 2.12 bits per heavy atom. The lowest BCUT2D eigenvalue weighted by Crippen LogP contribution is -2.28. The van der Waals surface area contributed by atoms with E-state index in [0.29, 0.717) is 16.9 Å². The summed E-state index contributed by atoms with van der Waals surface area (Å²) in [6.07, 6.45) is 4.09. The summed E-state index contributed by atoms with van der Waals surface area (Å²) in [5.74, 6) is -0.861. The molecule has 0 aliphatic carbocycles. The molecule has 0 fully saturated rings. The van der Waals surface area contributed by atoms with E-state index in [9.17, 15) is 14.7 Å². The minimum absolute atomic E-state index is 0.101. The van der Waals surface area contributed by atoms with E-state index in [-0.39, 0.29) is 16.2 Å². The third-order valence-electron chi connectivity index (χ3n) is 5.28. The molecule has 2 heterocycles. The number of nitrogens with one attached hydrogen (secondary N) is 1. The molecule has 2 aromatic heterocycles. The summed E-state index contributed by atoms with van der Waals surface area (Å²) in [5, 5.41) is 15.0. The summed E-state index contributed by atoms with van der Waals surface area (Å²) in [7, 11) is 0. The first-order valence-electron chi connectivity index (χ1n) is 10.4. The van der Waals surface area contributed by atoms with Crippen LogP contribution in [0.25, 0.3) is 11.4 Å². The molecule has 0 aliphatic heterocycles. The third kappa shape index (κ3) is 4.28. The summed E-state index contributed by atoms with van der Waals surface area (Å²) in [6, 6.07) is 17.7. The van der Waals surface area contributed by atoms with Gasteiger partial charge in [0.05, 0.1) is 17.6 Å². The maximum absolute atomic E-state index is 13.5. The molecule has 2 N–H and O–H groups in total. The Kier molecular flexibility index (Phi) is 6.46. The maximum Gasteiger partial charge on any atom is 0.271 e. The Morgan fingerprint density at radius 1 is 0.971 bits per heavy atom.